The van der Waals surface area contributed by atoms with E-state index < -0.39 is 6.61 Å². The van der Waals surface area contributed by atoms with Gasteiger partial charge >= 0.3 is 6.61 Å². The Morgan fingerprint density at radius 3 is 2.40 bits per heavy atom. The van der Waals surface area contributed by atoms with Crippen molar-refractivity contribution >= 4 is 11.9 Å². The summed E-state index contributed by atoms with van der Waals surface area (Å²) in [6.45, 7) is 3.67. The highest BCUT2D eigenvalue weighted by molar-refractivity contribution is 7.97. The third-order valence-corrected chi connectivity index (χ3v) is 6.61. The first-order valence-corrected chi connectivity index (χ1v) is 9.69. The van der Waals surface area contributed by atoms with Gasteiger partial charge in [0, 0.05) is 36.0 Å². The molecule has 3 aliphatic rings. The van der Waals surface area contributed by atoms with E-state index >= 15 is 0 Å². The Morgan fingerprint density at radius 2 is 1.84 bits per heavy atom. The molecule has 3 heterocycles. The standard InChI is InChI=1S/C18H24F2N2O2S/c19-17(20)24-15-1-3-16(4-2-15)25-22-8-5-14(6-9-22)21-10-7-18(11-21)12-23-13-18/h1-4,14,17H,5-13H2. The fraction of sp³-hybridized carbons (Fsp3) is 0.667. The van der Waals surface area contributed by atoms with Crippen molar-refractivity contribution in [1.82, 2.24) is 9.21 Å². The molecule has 25 heavy (non-hydrogen) atoms. The Kier molecular flexibility index (Phi) is 5.18. The number of rotatable bonds is 5. The first kappa shape index (κ1) is 17.5. The van der Waals surface area contributed by atoms with Crippen LogP contribution in [0.5, 0.6) is 5.75 Å². The SMILES string of the molecule is FC(F)Oc1ccc(SN2CCC(N3CCC4(COC4)C3)CC2)cc1. The molecule has 1 spiro atoms. The molecule has 0 bridgehead atoms. The van der Waals surface area contributed by atoms with Crippen LogP contribution >= 0.6 is 11.9 Å². The first-order chi connectivity index (χ1) is 12.1. The highest BCUT2D eigenvalue weighted by Crippen LogP contribution is 2.40. The van der Waals surface area contributed by atoms with E-state index in [1.807, 2.05) is 12.1 Å². The molecule has 3 saturated heterocycles. The van der Waals surface area contributed by atoms with Gasteiger partial charge in [-0.3, -0.25) is 4.90 Å². The van der Waals surface area contributed by atoms with Gasteiger partial charge in [-0.1, -0.05) is 0 Å². The molecule has 4 nitrogen and oxygen atoms in total. The Labute approximate surface area is 151 Å². The van der Waals surface area contributed by atoms with E-state index in [2.05, 4.69) is 13.9 Å². The lowest BCUT2D eigenvalue weighted by atomic mass is 9.85. The van der Waals surface area contributed by atoms with E-state index in [9.17, 15) is 8.78 Å². The maximum atomic E-state index is 12.2. The van der Waals surface area contributed by atoms with E-state index in [4.69, 9.17) is 4.74 Å². The molecular weight excluding hydrogens is 346 g/mol. The molecule has 0 aliphatic carbocycles. The average Bonchev–Trinajstić information content (AvgIpc) is 3.03. The van der Waals surface area contributed by atoms with Crippen molar-refractivity contribution in [2.45, 2.75) is 36.8 Å². The molecule has 0 unspecified atom stereocenters. The Morgan fingerprint density at radius 1 is 1.12 bits per heavy atom. The summed E-state index contributed by atoms with van der Waals surface area (Å²) in [6, 6.07) is 7.58. The number of benzene rings is 1. The highest BCUT2D eigenvalue weighted by Gasteiger charge is 2.46. The fourth-order valence-corrected chi connectivity index (χ4v) is 4.99. The monoisotopic (exact) mass is 370 g/mol. The average molecular weight is 370 g/mol. The van der Waals surface area contributed by atoms with Gasteiger partial charge in [-0.05, 0) is 62.0 Å². The fourth-order valence-electron chi connectivity index (χ4n) is 4.04. The van der Waals surface area contributed by atoms with Crippen LogP contribution < -0.4 is 4.74 Å². The minimum Gasteiger partial charge on any atom is -0.435 e. The topological polar surface area (TPSA) is 24.9 Å². The second-order valence-corrected chi connectivity index (χ2v) is 8.49. The number of halogens is 2. The van der Waals surface area contributed by atoms with E-state index in [0.29, 0.717) is 11.5 Å². The molecular formula is C18H24F2N2O2S. The lowest BCUT2D eigenvalue weighted by Crippen LogP contribution is -2.47. The smallest absolute Gasteiger partial charge is 0.387 e. The zero-order valence-electron chi connectivity index (χ0n) is 14.2. The summed E-state index contributed by atoms with van der Waals surface area (Å²) in [6.07, 6.45) is 3.67. The minimum atomic E-state index is -2.77. The van der Waals surface area contributed by atoms with Gasteiger partial charge in [0.2, 0.25) is 0 Å². The summed E-state index contributed by atoms with van der Waals surface area (Å²) >= 11 is 1.70. The van der Waals surface area contributed by atoms with Gasteiger partial charge in [0.25, 0.3) is 0 Å². The maximum Gasteiger partial charge on any atom is 0.387 e. The second-order valence-electron chi connectivity index (χ2n) is 7.31. The van der Waals surface area contributed by atoms with Crippen LogP contribution in [0.15, 0.2) is 29.2 Å². The largest absolute Gasteiger partial charge is 0.435 e. The second kappa shape index (κ2) is 7.39. The molecule has 3 aliphatic heterocycles. The van der Waals surface area contributed by atoms with Gasteiger partial charge in [0.15, 0.2) is 0 Å². The third-order valence-electron chi connectivity index (χ3n) is 5.51. The van der Waals surface area contributed by atoms with Crippen molar-refractivity contribution in [2.24, 2.45) is 5.41 Å². The van der Waals surface area contributed by atoms with Gasteiger partial charge in [-0.25, -0.2) is 4.31 Å². The van der Waals surface area contributed by atoms with Gasteiger partial charge in [0.05, 0.1) is 13.2 Å². The van der Waals surface area contributed by atoms with Crippen LogP contribution in [0, 0.1) is 5.41 Å². The summed E-state index contributed by atoms with van der Waals surface area (Å²) in [5.41, 5.74) is 0.466. The molecule has 1 aromatic carbocycles. The van der Waals surface area contributed by atoms with Crippen molar-refractivity contribution in [2.75, 3.05) is 39.4 Å². The minimum absolute atomic E-state index is 0.209. The van der Waals surface area contributed by atoms with Gasteiger partial charge < -0.3 is 9.47 Å². The number of ether oxygens (including phenoxy) is 2. The van der Waals surface area contributed by atoms with Crippen LogP contribution in [0.1, 0.15) is 19.3 Å². The summed E-state index contributed by atoms with van der Waals surface area (Å²) < 4.78 is 36.6. The number of piperidine rings is 1. The Bertz CT molecular complexity index is 575. The molecule has 0 aromatic heterocycles. The molecule has 138 valence electrons. The number of alkyl halides is 2. The quantitative estimate of drug-likeness (QED) is 0.739. The molecule has 0 N–H and O–H groups in total. The zero-order valence-corrected chi connectivity index (χ0v) is 15.0. The van der Waals surface area contributed by atoms with E-state index in [-0.39, 0.29) is 5.75 Å². The van der Waals surface area contributed by atoms with Crippen LogP contribution in [0.4, 0.5) is 8.78 Å². The van der Waals surface area contributed by atoms with Crippen molar-refractivity contribution in [3.8, 4) is 5.75 Å². The van der Waals surface area contributed by atoms with Gasteiger partial charge in [-0.2, -0.15) is 8.78 Å². The normalized spacial score (nSPS) is 24.8. The van der Waals surface area contributed by atoms with Gasteiger partial charge in [-0.15, -0.1) is 0 Å². The zero-order chi connectivity index (χ0) is 17.3. The van der Waals surface area contributed by atoms with E-state index in [1.165, 1.54) is 32.4 Å². The molecule has 0 atom stereocenters. The molecule has 3 fully saturated rings. The van der Waals surface area contributed by atoms with Crippen LogP contribution in [0.25, 0.3) is 0 Å². The Balaban J connectivity index is 1.23. The van der Waals surface area contributed by atoms with E-state index in [0.717, 1.165) is 31.2 Å². The highest BCUT2D eigenvalue weighted by atomic mass is 32.2. The number of hydrogen-bond donors (Lipinski definition) is 0. The summed E-state index contributed by atoms with van der Waals surface area (Å²) in [7, 11) is 0. The van der Waals surface area contributed by atoms with Crippen molar-refractivity contribution in [3.05, 3.63) is 24.3 Å². The predicted molar refractivity (Wildman–Crippen MR) is 93.0 cm³/mol. The third kappa shape index (κ3) is 4.10. The number of likely N-dealkylation sites (tertiary alicyclic amines) is 1. The molecule has 0 radical (unpaired) electrons. The van der Waals surface area contributed by atoms with E-state index in [1.54, 1.807) is 24.1 Å². The molecule has 7 heteroatoms. The molecule has 1 aromatic rings. The predicted octanol–water partition coefficient (Wildman–Crippen LogP) is 3.48. The van der Waals surface area contributed by atoms with Crippen molar-refractivity contribution < 1.29 is 18.3 Å². The maximum absolute atomic E-state index is 12.2. The number of nitrogens with zero attached hydrogens (tertiary/aromatic N) is 2. The summed E-state index contributed by atoms with van der Waals surface area (Å²) in [4.78, 5) is 3.73. The number of hydrogen-bond acceptors (Lipinski definition) is 5. The Hall–Kier alpha value is -0.890. The van der Waals surface area contributed by atoms with Crippen LogP contribution in [-0.4, -0.2) is 61.3 Å². The first-order valence-electron chi connectivity index (χ1n) is 8.92. The van der Waals surface area contributed by atoms with Crippen LogP contribution in [-0.2, 0) is 4.74 Å². The lowest BCUT2D eigenvalue weighted by molar-refractivity contribution is -0.106. The molecule has 4 rings (SSSR count). The molecule has 0 saturated carbocycles. The molecule has 0 amide bonds. The van der Waals surface area contributed by atoms with Crippen molar-refractivity contribution in [3.63, 3.8) is 0 Å². The summed E-state index contributed by atoms with van der Waals surface area (Å²) in [5.74, 6) is 0.209. The van der Waals surface area contributed by atoms with Crippen LogP contribution in [0.3, 0.4) is 0 Å². The lowest BCUT2D eigenvalue weighted by Gasteiger charge is -2.40. The van der Waals surface area contributed by atoms with Crippen LogP contribution in [0.2, 0.25) is 0 Å². The van der Waals surface area contributed by atoms with Gasteiger partial charge in [0.1, 0.15) is 5.75 Å². The van der Waals surface area contributed by atoms with Crippen molar-refractivity contribution in [1.29, 1.82) is 0 Å². The summed E-state index contributed by atoms with van der Waals surface area (Å²) in [5, 5.41) is 0.